The van der Waals surface area contributed by atoms with Crippen molar-refractivity contribution in [3.8, 4) is 11.5 Å². The molecule has 3 aromatic rings. The number of methoxy groups -OCH3 is 2. The summed E-state index contributed by atoms with van der Waals surface area (Å²) in [4.78, 5) is 18.5. The first kappa shape index (κ1) is 20.1. The third-order valence-corrected chi connectivity index (χ3v) is 4.41. The second kappa shape index (κ2) is 9.50. The molecule has 0 aliphatic carbocycles. The standard InChI is InChI=1S/C21H23N5O3/c1-26(13-10-15-8-11-22-12-9-15)20-7-5-17(24-25-20)21(27)23-18-14-16(28-2)4-6-19(18)29-3/h4-9,11-12,14H,10,13H2,1-3H3,(H,23,27). The number of hydrogen-bond acceptors (Lipinski definition) is 7. The quantitative estimate of drug-likeness (QED) is 0.629. The lowest BCUT2D eigenvalue weighted by Crippen LogP contribution is -2.22. The fourth-order valence-corrected chi connectivity index (χ4v) is 2.71. The molecule has 0 fully saturated rings. The summed E-state index contributed by atoms with van der Waals surface area (Å²) in [5, 5.41) is 11.0. The van der Waals surface area contributed by atoms with Crippen LogP contribution in [-0.2, 0) is 6.42 Å². The van der Waals surface area contributed by atoms with Gasteiger partial charge in [-0.15, -0.1) is 10.2 Å². The number of benzene rings is 1. The van der Waals surface area contributed by atoms with Crippen LogP contribution in [0.2, 0.25) is 0 Å². The molecule has 0 bridgehead atoms. The lowest BCUT2D eigenvalue weighted by atomic mass is 10.2. The summed E-state index contributed by atoms with van der Waals surface area (Å²) < 4.78 is 10.5. The van der Waals surface area contributed by atoms with Gasteiger partial charge in [-0.2, -0.15) is 0 Å². The van der Waals surface area contributed by atoms with Gasteiger partial charge >= 0.3 is 0 Å². The molecule has 0 saturated carbocycles. The van der Waals surface area contributed by atoms with Crippen molar-refractivity contribution in [3.63, 3.8) is 0 Å². The molecule has 0 saturated heterocycles. The van der Waals surface area contributed by atoms with Crippen molar-refractivity contribution in [2.45, 2.75) is 6.42 Å². The molecule has 0 atom stereocenters. The Morgan fingerprint density at radius 2 is 1.83 bits per heavy atom. The van der Waals surface area contributed by atoms with Gasteiger partial charge in [-0.25, -0.2) is 0 Å². The van der Waals surface area contributed by atoms with Crippen molar-refractivity contribution >= 4 is 17.4 Å². The molecule has 0 aliphatic heterocycles. The average Bonchev–Trinajstić information content (AvgIpc) is 2.78. The monoisotopic (exact) mass is 393 g/mol. The number of aromatic nitrogens is 3. The fraction of sp³-hybridized carbons (Fsp3) is 0.238. The van der Waals surface area contributed by atoms with Gasteiger partial charge in [-0.3, -0.25) is 9.78 Å². The number of rotatable bonds is 8. The average molecular weight is 393 g/mol. The Morgan fingerprint density at radius 1 is 1.03 bits per heavy atom. The molecule has 0 radical (unpaired) electrons. The molecule has 1 amide bonds. The maximum atomic E-state index is 12.5. The first-order valence-corrected chi connectivity index (χ1v) is 9.08. The number of anilines is 2. The van der Waals surface area contributed by atoms with E-state index in [2.05, 4.69) is 20.5 Å². The van der Waals surface area contributed by atoms with E-state index in [-0.39, 0.29) is 11.6 Å². The van der Waals surface area contributed by atoms with Crippen molar-refractivity contribution in [2.24, 2.45) is 0 Å². The number of pyridine rings is 1. The maximum absolute atomic E-state index is 12.5. The Hall–Kier alpha value is -3.68. The molecule has 8 nitrogen and oxygen atoms in total. The largest absolute Gasteiger partial charge is 0.497 e. The van der Waals surface area contributed by atoms with E-state index in [0.717, 1.165) is 13.0 Å². The SMILES string of the molecule is COc1ccc(OC)c(NC(=O)c2ccc(N(C)CCc3ccncc3)nn2)c1. The van der Waals surface area contributed by atoms with Crippen molar-refractivity contribution < 1.29 is 14.3 Å². The Kier molecular flexibility index (Phi) is 6.57. The molecule has 3 rings (SSSR count). The lowest BCUT2D eigenvalue weighted by molar-refractivity contribution is 0.102. The molecule has 2 aromatic heterocycles. The minimum atomic E-state index is -0.380. The number of nitrogens with zero attached hydrogens (tertiary/aromatic N) is 4. The van der Waals surface area contributed by atoms with Gasteiger partial charge in [0.15, 0.2) is 11.5 Å². The number of ether oxygens (including phenoxy) is 2. The van der Waals surface area contributed by atoms with Crippen LogP contribution in [0.4, 0.5) is 11.5 Å². The highest BCUT2D eigenvalue weighted by atomic mass is 16.5. The zero-order chi connectivity index (χ0) is 20.6. The van der Waals surface area contributed by atoms with E-state index >= 15 is 0 Å². The summed E-state index contributed by atoms with van der Waals surface area (Å²) >= 11 is 0. The third kappa shape index (κ3) is 5.19. The Balaban J connectivity index is 1.64. The van der Waals surface area contributed by atoms with E-state index in [0.29, 0.717) is 23.0 Å². The van der Waals surface area contributed by atoms with E-state index in [9.17, 15) is 4.79 Å². The van der Waals surface area contributed by atoms with Crippen LogP contribution in [0.3, 0.4) is 0 Å². The molecule has 150 valence electrons. The summed E-state index contributed by atoms with van der Waals surface area (Å²) in [6, 6.07) is 12.6. The van der Waals surface area contributed by atoms with Crippen LogP contribution in [0.1, 0.15) is 16.1 Å². The van der Waals surface area contributed by atoms with Crippen LogP contribution in [-0.4, -0.2) is 48.9 Å². The second-order valence-electron chi connectivity index (χ2n) is 6.32. The summed E-state index contributed by atoms with van der Waals surface area (Å²) in [6.45, 7) is 0.769. The van der Waals surface area contributed by atoms with Crippen molar-refractivity contribution in [3.05, 3.63) is 66.1 Å². The van der Waals surface area contributed by atoms with Crippen LogP contribution in [0.25, 0.3) is 0 Å². The predicted octanol–water partition coefficient (Wildman–Crippen LogP) is 2.82. The van der Waals surface area contributed by atoms with Gasteiger partial charge in [0.2, 0.25) is 0 Å². The van der Waals surface area contributed by atoms with E-state index in [1.165, 1.54) is 12.7 Å². The normalized spacial score (nSPS) is 10.3. The highest BCUT2D eigenvalue weighted by molar-refractivity contribution is 6.03. The first-order valence-electron chi connectivity index (χ1n) is 9.08. The number of nitrogens with one attached hydrogen (secondary N) is 1. The van der Waals surface area contributed by atoms with Crippen LogP contribution in [0.5, 0.6) is 11.5 Å². The van der Waals surface area contributed by atoms with Gasteiger partial charge in [0.25, 0.3) is 5.91 Å². The number of carbonyl (C=O) groups is 1. The molecule has 1 N–H and O–H groups in total. The molecule has 0 aliphatic rings. The van der Waals surface area contributed by atoms with Crippen LogP contribution in [0.15, 0.2) is 54.9 Å². The lowest BCUT2D eigenvalue weighted by Gasteiger charge is -2.17. The fourth-order valence-electron chi connectivity index (χ4n) is 2.71. The van der Waals surface area contributed by atoms with E-state index < -0.39 is 0 Å². The summed E-state index contributed by atoms with van der Waals surface area (Å²) in [6.07, 6.45) is 4.41. The van der Waals surface area contributed by atoms with Gasteiger partial charge < -0.3 is 19.7 Å². The molecule has 8 heteroatoms. The highest BCUT2D eigenvalue weighted by Crippen LogP contribution is 2.29. The summed E-state index contributed by atoms with van der Waals surface area (Å²) in [5.74, 6) is 1.45. The van der Waals surface area contributed by atoms with E-state index in [1.807, 2.05) is 24.1 Å². The number of carbonyl (C=O) groups excluding carboxylic acids is 1. The number of likely N-dealkylation sites (N-methyl/N-ethyl adjacent to an activating group) is 1. The highest BCUT2D eigenvalue weighted by Gasteiger charge is 2.13. The maximum Gasteiger partial charge on any atom is 0.276 e. The molecule has 2 heterocycles. The molecular weight excluding hydrogens is 370 g/mol. The molecule has 0 unspecified atom stereocenters. The smallest absolute Gasteiger partial charge is 0.276 e. The van der Waals surface area contributed by atoms with E-state index in [4.69, 9.17) is 9.47 Å². The molecular formula is C21H23N5O3. The number of hydrogen-bond donors (Lipinski definition) is 1. The van der Waals surface area contributed by atoms with Gasteiger partial charge in [0.1, 0.15) is 11.5 Å². The van der Waals surface area contributed by atoms with Gasteiger partial charge in [0.05, 0.1) is 19.9 Å². The third-order valence-electron chi connectivity index (χ3n) is 4.41. The molecule has 0 spiro atoms. The Bertz CT molecular complexity index is 948. The molecule has 1 aromatic carbocycles. The van der Waals surface area contributed by atoms with Crippen molar-refractivity contribution in [1.29, 1.82) is 0 Å². The zero-order valence-electron chi connectivity index (χ0n) is 16.6. The minimum absolute atomic E-state index is 0.209. The van der Waals surface area contributed by atoms with Gasteiger partial charge in [-0.05, 0) is 48.4 Å². The predicted molar refractivity (Wildman–Crippen MR) is 111 cm³/mol. The van der Waals surface area contributed by atoms with Crippen LogP contribution < -0.4 is 19.7 Å². The van der Waals surface area contributed by atoms with E-state index in [1.54, 1.807) is 49.8 Å². The minimum Gasteiger partial charge on any atom is -0.497 e. The second-order valence-corrected chi connectivity index (χ2v) is 6.32. The summed E-state index contributed by atoms with van der Waals surface area (Å²) in [7, 11) is 5.03. The van der Waals surface area contributed by atoms with Crippen LogP contribution >= 0.6 is 0 Å². The zero-order valence-corrected chi connectivity index (χ0v) is 16.6. The van der Waals surface area contributed by atoms with Gasteiger partial charge in [0, 0.05) is 32.1 Å². The van der Waals surface area contributed by atoms with Crippen molar-refractivity contribution in [2.75, 3.05) is 38.0 Å². The van der Waals surface area contributed by atoms with Crippen LogP contribution in [0, 0.1) is 0 Å². The number of amides is 1. The van der Waals surface area contributed by atoms with Gasteiger partial charge in [-0.1, -0.05) is 0 Å². The first-order chi connectivity index (χ1) is 14.1. The Labute approximate surface area is 169 Å². The molecule has 29 heavy (non-hydrogen) atoms. The summed E-state index contributed by atoms with van der Waals surface area (Å²) in [5.41, 5.74) is 1.90. The topological polar surface area (TPSA) is 89.5 Å². The Morgan fingerprint density at radius 3 is 2.48 bits per heavy atom. The van der Waals surface area contributed by atoms with Crippen molar-refractivity contribution in [1.82, 2.24) is 15.2 Å².